The summed E-state index contributed by atoms with van der Waals surface area (Å²) in [6.07, 6.45) is 0.488. The first kappa shape index (κ1) is 19.2. The van der Waals surface area contributed by atoms with E-state index in [4.69, 9.17) is 14.2 Å². The number of benzene rings is 1. The quantitative estimate of drug-likeness (QED) is 0.756. The normalized spacial score (nSPS) is 21.5. The second-order valence-electron chi connectivity index (χ2n) is 6.53. The predicted octanol–water partition coefficient (Wildman–Crippen LogP) is 1.56. The molecule has 148 valence electrons. The molecule has 1 saturated heterocycles. The number of halogens is 1. The summed E-state index contributed by atoms with van der Waals surface area (Å²) in [6, 6.07) is 4.60. The van der Waals surface area contributed by atoms with Gasteiger partial charge in [-0.2, -0.15) is 0 Å². The lowest BCUT2D eigenvalue weighted by Gasteiger charge is -2.36. The molecular formula is C18H24FN3O5. The van der Waals surface area contributed by atoms with Gasteiger partial charge in [0.05, 0.1) is 13.2 Å². The van der Waals surface area contributed by atoms with Crippen LogP contribution in [0.25, 0.3) is 0 Å². The molecule has 1 atom stereocenters. The molecule has 3 amide bonds. The van der Waals surface area contributed by atoms with Crippen molar-refractivity contribution in [2.75, 3.05) is 51.9 Å². The number of hydrogen-bond donors (Lipinski definition) is 2. The van der Waals surface area contributed by atoms with Gasteiger partial charge < -0.3 is 29.7 Å². The molecule has 9 heteroatoms. The van der Waals surface area contributed by atoms with Gasteiger partial charge in [-0.25, -0.2) is 9.18 Å². The zero-order valence-electron chi connectivity index (χ0n) is 15.3. The van der Waals surface area contributed by atoms with Gasteiger partial charge in [-0.05, 0) is 25.0 Å². The number of ether oxygens (including phenoxy) is 3. The lowest BCUT2D eigenvalue weighted by molar-refractivity contribution is -0.135. The van der Waals surface area contributed by atoms with Gasteiger partial charge in [-0.1, -0.05) is 0 Å². The Labute approximate surface area is 156 Å². The summed E-state index contributed by atoms with van der Waals surface area (Å²) >= 11 is 0. The first-order valence-corrected chi connectivity index (χ1v) is 8.93. The maximum atomic E-state index is 15.1. The summed E-state index contributed by atoms with van der Waals surface area (Å²) in [5.41, 5.74) is -1.58. The van der Waals surface area contributed by atoms with E-state index in [1.54, 1.807) is 18.2 Å². The molecule has 2 aliphatic heterocycles. The van der Waals surface area contributed by atoms with E-state index in [1.165, 1.54) is 12.0 Å². The second-order valence-corrected chi connectivity index (χ2v) is 6.53. The number of fused-ring (bicyclic) bond motifs is 1. The first-order valence-electron chi connectivity index (χ1n) is 8.93. The fraction of sp³-hybridized carbons (Fsp3) is 0.556. The van der Waals surface area contributed by atoms with Crippen LogP contribution in [-0.2, 0) is 9.53 Å². The monoisotopic (exact) mass is 381 g/mol. The average Bonchev–Trinajstić information content (AvgIpc) is 2.68. The molecule has 0 bridgehead atoms. The van der Waals surface area contributed by atoms with E-state index in [-0.39, 0.29) is 19.5 Å². The molecule has 1 fully saturated rings. The van der Waals surface area contributed by atoms with E-state index in [2.05, 4.69) is 10.6 Å². The van der Waals surface area contributed by atoms with Gasteiger partial charge in [0.1, 0.15) is 13.2 Å². The molecule has 2 N–H and O–H groups in total. The number of likely N-dealkylation sites (tertiary alicyclic amines) is 1. The van der Waals surface area contributed by atoms with Crippen LogP contribution in [0.5, 0.6) is 11.5 Å². The van der Waals surface area contributed by atoms with E-state index in [1.807, 2.05) is 0 Å². The molecule has 2 heterocycles. The Kier molecular flexibility index (Phi) is 6.00. The van der Waals surface area contributed by atoms with E-state index in [0.29, 0.717) is 50.0 Å². The highest BCUT2D eigenvalue weighted by Gasteiger charge is 2.43. The van der Waals surface area contributed by atoms with Crippen molar-refractivity contribution in [2.24, 2.45) is 0 Å². The molecule has 1 aromatic rings. The Hall–Kier alpha value is -2.55. The molecule has 8 nitrogen and oxygen atoms in total. The van der Waals surface area contributed by atoms with Crippen molar-refractivity contribution >= 4 is 17.6 Å². The minimum Gasteiger partial charge on any atom is -0.486 e. The van der Waals surface area contributed by atoms with Gasteiger partial charge in [0.15, 0.2) is 11.5 Å². The highest BCUT2D eigenvalue weighted by molar-refractivity contribution is 5.91. The number of anilines is 1. The second kappa shape index (κ2) is 8.43. The smallest absolute Gasteiger partial charge is 0.321 e. The van der Waals surface area contributed by atoms with Gasteiger partial charge >= 0.3 is 6.03 Å². The molecule has 1 unspecified atom stereocenters. The number of nitrogens with one attached hydrogen (secondary N) is 2. The number of piperidine rings is 1. The van der Waals surface area contributed by atoms with Crippen LogP contribution in [-0.4, -0.2) is 69.1 Å². The van der Waals surface area contributed by atoms with Crippen molar-refractivity contribution in [3.63, 3.8) is 0 Å². The third kappa shape index (κ3) is 4.60. The number of methoxy groups -OCH3 is 1. The third-order valence-electron chi connectivity index (χ3n) is 4.52. The average molecular weight is 381 g/mol. The number of urea groups is 1. The lowest BCUT2D eigenvalue weighted by Crippen LogP contribution is -2.56. The van der Waals surface area contributed by atoms with E-state index in [9.17, 15) is 9.59 Å². The Morgan fingerprint density at radius 3 is 2.85 bits per heavy atom. The molecule has 1 aromatic carbocycles. The van der Waals surface area contributed by atoms with Gasteiger partial charge in [0.2, 0.25) is 5.67 Å². The van der Waals surface area contributed by atoms with Crippen molar-refractivity contribution in [1.82, 2.24) is 10.2 Å². The van der Waals surface area contributed by atoms with Crippen LogP contribution >= 0.6 is 0 Å². The van der Waals surface area contributed by atoms with Crippen molar-refractivity contribution in [3.8, 4) is 11.5 Å². The minimum absolute atomic E-state index is 0.0830. The summed E-state index contributed by atoms with van der Waals surface area (Å²) in [6.45, 7) is 1.55. The summed E-state index contributed by atoms with van der Waals surface area (Å²) in [5, 5.41) is 5.23. The zero-order chi connectivity index (χ0) is 19.3. The highest BCUT2D eigenvalue weighted by Crippen LogP contribution is 2.33. The van der Waals surface area contributed by atoms with E-state index < -0.39 is 17.6 Å². The lowest BCUT2D eigenvalue weighted by atomic mass is 9.94. The minimum atomic E-state index is -2.10. The van der Waals surface area contributed by atoms with E-state index >= 15 is 4.39 Å². The Balaban J connectivity index is 1.60. The Morgan fingerprint density at radius 1 is 1.30 bits per heavy atom. The van der Waals surface area contributed by atoms with Crippen LogP contribution in [0.15, 0.2) is 18.2 Å². The number of alkyl halides is 1. The summed E-state index contributed by atoms with van der Waals surface area (Å²) in [4.78, 5) is 26.0. The summed E-state index contributed by atoms with van der Waals surface area (Å²) < 4.78 is 30.8. The number of carbonyl (C=O) groups is 2. The summed E-state index contributed by atoms with van der Waals surface area (Å²) in [5.74, 6) is 0.458. The molecule has 0 radical (unpaired) electrons. The maximum Gasteiger partial charge on any atom is 0.321 e. The summed E-state index contributed by atoms with van der Waals surface area (Å²) in [7, 11) is 1.50. The van der Waals surface area contributed by atoms with Crippen LogP contribution in [0.3, 0.4) is 0 Å². The van der Waals surface area contributed by atoms with Gasteiger partial charge in [0.25, 0.3) is 5.91 Å². The molecule has 27 heavy (non-hydrogen) atoms. The first-order chi connectivity index (χ1) is 13.0. The van der Waals surface area contributed by atoms with Crippen molar-refractivity contribution in [1.29, 1.82) is 0 Å². The molecule has 2 aliphatic rings. The molecule has 0 spiro atoms. The number of rotatable bonds is 5. The molecular weight excluding hydrogens is 357 g/mol. The van der Waals surface area contributed by atoms with Gasteiger partial charge in [-0.15, -0.1) is 0 Å². The van der Waals surface area contributed by atoms with Crippen molar-refractivity contribution in [2.45, 2.75) is 18.5 Å². The number of carbonyl (C=O) groups excluding carboxylic acids is 2. The Morgan fingerprint density at radius 2 is 2.07 bits per heavy atom. The topological polar surface area (TPSA) is 89.1 Å². The maximum absolute atomic E-state index is 15.1. The van der Waals surface area contributed by atoms with E-state index in [0.717, 1.165) is 0 Å². The fourth-order valence-corrected chi connectivity index (χ4v) is 3.12. The van der Waals surface area contributed by atoms with Crippen molar-refractivity contribution < 1.29 is 28.2 Å². The largest absolute Gasteiger partial charge is 0.486 e. The number of nitrogens with zero attached hydrogens (tertiary/aromatic N) is 1. The van der Waals surface area contributed by atoms with Gasteiger partial charge in [-0.3, -0.25) is 4.79 Å². The van der Waals surface area contributed by atoms with Crippen LogP contribution in [0, 0.1) is 0 Å². The highest BCUT2D eigenvalue weighted by atomic mass is 19.1. The molecule has 3 rings (SSSR count). The number of amides is 3. The zero-order valence-corrected chi connectivity index (χ0v) is 15.3. The van der Waals surface area contributed by atoms with Crippen LogP contribution in [0.1, 0.15) is 12.8 Å². The third-order valence-corrected chi connectivity index (χ3v) is 4.52. The number of hydrogen-bond acceptors (Lipinski definition) is 5. The molecule has 0 aromatic heterocycles. The van der Waals surface area contributed by atoms with Crippen molar-refractivity contribution in [3.05, 3.63) is 18.2 Å². The molecule has 0 saturated carbocycles. The van der Waals surface area contributed by atoms with Gasteiger partial charge in [0, 0.05) is 32.0 Å². The Bertz CT molecular complexity index is 702. The van der Waals surface area contributed by atoms with Crippen LogP contribution in [0.4, 0.5) is 14.9 Å². The van der Waals surface area contributed by atoms with Crippen LogP contribution in [0.2, 0.25) is 0 Å². The fourth-order valence-electron chi connectivity index (χ4n) is 3.12. The SMILES string of the molecule is COCCNC(=O)C1(F)CCCN(C(=O)Nc2ccc3c(c2)OCCO3)C1. The molecule has 0 aliphatic carbocycles. The van der Waals surface area contributed by atoms with Crippen LogP contribution < -0.4 is 20.1 Å². The predicted molar refractivity (Wildman–Crippen MR) is 96.0 cm³/mol. The standard InChI is InChI=1S/C18H24FN3O5/c1-25-8-6-20-16(23)18(19)5-2-7-22(12-18)17(24)21-13-3-4-14-15(11-13)27-10-9-26-14/h3-4,11H,2,5-10,12H2,1H3,(H,20,23)(H,21,24).